The van der Waals surface area contributed by atoms with E-state index in [2.05, 4.69) is 102 Å². The minimum absolute atomic E-state index is 0.316. The van der Waals surface area contributed by atoms with Crippen molar-refractivity contribution in [3.05, 3.63) is 107 Å². The molecule has 3 nitrogen and oxygen atoms in total. The Kier molecular flexibility index (Phi) is 7.10. The van der Waals surface area contributed by atoms with E-state index < -0.39 is 0 Å². The van der Waals surface area contributed by atoms with Crippen LogP contribution in [0.15, 0.2) is 84.9 Å². The third-order valence-corrected chi connectivity index (χ3v) is 7.95. The largest absolute Gasteiger partial charge is 0.339 e. The summed E-state index contributed by atoms with van der Waals surface area (Å²) in [5, 5.41) is 0. The minimum atomic E-state index is 0.316. The lowest BCUT2D eigenvalue weighted by atomic mass is 9.82. The Hall–Kier alpha value is -2.91. The Morgan fingerprint density at radius 1 is 0.853 bits per heavy atom. The molecule has 2 aliphatic rings. The van der Waals surface area contributed by atoms with Gasteiger partial charge in [0.2, 0.25) is 5.91 Å². The fourth-order valence-corrected chi connectivity index (χ4v) is 6.05. The molecule has 0 unspecified atom stereocenters. The number of likely N-dealkylation sites (tertiary alicyclic amines) is 2. The van der Waals surface area contributed by atoms with Crippen LogP contribution in [0.2, 0.25) is 0 Å². The Balaban J connectivity index is 1.27. The molecule has 2 heterocycles. The van der Waals surface area contributed by atoms with Crippen molar-refractivity contribution < 1.29 is 4.79 Å². The van der Waals surface area contributed by atoms with Crippen LogP contribution in [0.25, 0.3) is 0 Å². The molecule has 1 amide bonds. The van der Waals surface area contributed by atoms with Gasteiger partial charge in [0.1, 0.15) is 0 Å². The fraction of sp³-hybridized carbons (Fsp3) is 0.387. The molecule has 2 fully saturated rings. The van der Waals surface area contributed by atoms with Gasteiger partial charge in [-0.05, 0) is 54.4 Å². The topological polar surface area (TPSA) is 23.6 Å². The highest BCUT2D eigenvalue weighted by Crippen LogP contribution is 2.34. The maximum Gasteiger partial charge on any atom is 0.222 e. The van der Waals surface area contributed by atoms with Crippen molar-refractivity contribution in [2.45, 2.75) is 51.1 Å². The molecule has 0 aromatic heterocycles. The van der Waals surface area contributed by atoms with Crippen molar-refractivity contribution in [1.29, 1.82) is 0 Å². The van der Waals surface area contributed by atoms with E-state index in [1.807, 2.05) is 0 Å². The number of aryl methyl sites for hydroxylation is 1. The van der Waals surface area contributed by atoms with E-state index >= 15 is 0 Å². The van der Waals surface area contributed by atoms with Crippen LogP contribution in [-0.4, -0.2) is 41.4 Å². The first kappa shape index (κ1) is 22.9. The number of amides is 1. The summed E-state index contributed by atoms with van der Waals surface area (Å²) < 4.78 is 0. The van der Waals surface area contributed by atoms with Crippen LogP contribution in [0.5, 0.6) is 0 Å². The number of benzene rings is 3. The zero-order chi connectivity index (χ0) is 23.3. The molecule has 3 heteroatoms. The molecule has 0 spiro atoms. The Morgan fingerprint density at radius 2 is 1.50 bits per heavy atom. The van der Waals surface area contributed by atoms with Crippen LogP contribution in [-0.2, 0) is 11.3 Å². The number of rotatable bonds is 7. The molecule has 0 aliphatic carbocycles. The number of carbonyl (C=O) groups excluding carboxylic acids is 1. The van der Waals surface area contributed by atoms with E-state index in [0.717, 1.165) is 45.4 Å². The van der Waals surface area contributed by atoms with Gasteiger partial charge < -0.3 is 4.90 Å². The fourth-order valence-electron chi connectivity index (χ4n) is 6.05. The van der Waals surface area contributed by atoms with Gasteiger partial charge >= 0.3 is 0 Å². The predicted molar refractivity (Wildman–Crippen MR) is 139 cm³/mol. The number of piperidine rings is 2. The SMILES string of the molecule is Cc1ccccc1CN1CC[C@H]2[C@H](CCC(=O)N2CCC(c2ccccc2)c2ccccc2)C1. The summed E-state index contributed by atoms with van der Waals surface area (Å²) in [5.74, 6) is 1.26. The molecule has 2 saturated heterocycles. The van der Waals surface area contributed by atoms with Gasteiger partial charge in [0.15, 0.2) is 0 Å². The van der Waals surface area contributed by atoms with Crippen molar-refractivity contribution in [3.63, 3.8) is 0 Å². The molecule has 0 N–H and O–H groups in total. The lowest BCUT2D eigenvalue weighted by Gasteiger charge is -2.47. The van der Waals surface area contributed by atoms with Crippen molar-refractivity contribution in [2.75, 3.05) is 19.6 Å². The lowest BCUT2D eigenvalue weighted by molar-refractivity contribution is -0.141. The molecule has 0 bridgehead atoms. The molecule has 3 aromatic rings. The molecular formula is C31H36N2O. The molecule has 5 rings (SSSR count). The predicted octanol–water partition coefficient (Wildman–Crippen LogP) is 6.03. The van der Waals surface area contributed by atoms with Gasteiger partial charge in [0.05, 0.1) is 0 Å². The number of hydrogen-bond acceptors (Lipinski definition) is 2. The summed E-state index contributed by atoms with van der Waals surface area (Å²) in [6.07, 6.45) is 3.78. The summed E-state index contributed by atoms with van der Waals surface area (Å²) in [7, 11) is 0. The molecule has 2 atom stereocenters. The van der Waals surface area contributed by atoms with Crippen molar-refractivity contribution in [2.24, 2.45) is 5.92 Å². The Bertz CT molecular complexity index is 1040. The van der Waals surface area contributed by atoms with Gasteiger partial charge in [0.25, 0.3) is 0 Å². The van der Waals surface area contributed by atoms with Crippen LogP contribution >= 0.6 is 0 Å². The van der Waals surface area contributed by atoms with E-state index in [4.69, 9.17) is 0 Å². The van der Waals surface area contributed by atoms with E-state index in [1.165, 1.54) is 22.3 Å². The molecule has 0 radical (unpaired) electrons. The minimum Gasteiger partial charge on any atom is -0.339 e. The summed E-state index contributed by atoms with van der Waals surface area (Å²) >= 11 is 0. The van der Waals surface area contributed by atoms with Crippen molar-refractivity contribution in [1.82, 2.24) is 9.80 Å². The zero-order valence-electron chi connectivity index (χ0n) is 20.3. The van der Waals surface area contributed by atoms with Crippen LogP contribution in [0.3, 0.4) is 0 Å². The third-order valence-electron chi connectivity index (χ3n) is 7.95. The number of fused-ring (bicyclic) bond motifs is 1. The van der Waals surface area contributed by atoms with E-state index in [-0.39, 0.29) is 0 Å². The van der Waals surface area contributed by atoms with Gasteiger partial charge in [-0.25, -0.2) is 0 Å². The summed E-state index contributed by atoms with van der Waals surface area (Å²) in [6, 6.07) is 30.7. The van der Waals surface area contributed by atoms with E-state index in [9.17, 15) is 4.79 Å². The van der Waals surface area contributed by atoms with E-state index in [1.54, 1.807) is 0 Å². The van der Waals surface area contributed by atoms with Gasteiger partial charge in [-0.2, -0.15) is 0 Å². The van der Waals surface area contributed by atoms with Gasteiger partial charge in [-0.3, -0.25) is 9.69 Å². The van der Waals surface area contributed by atoms with Gasteiger partial charge in [-0.1, -0.05) is 84.9 Å². The van der Waals surface area contributed by atoms with E-state index in [0.29, 0.717) is 30.2 Å². The second-order valence-corrected chi connectivity index (χ2v) is 10.1. The van der Waals surface area contributed by atoms with Crippen LogP contribution in [0, 0.1) is 12.8 Å². The summed E-state index contributed by atoms with van der Waals surface area (Å²) in [4.78, 5) is 17.9. The van der Waals surface area contributed by atoms with Crippen LogP contribution < -0.4 is 0 Å². The molecule has 176 valence electrons. The standard InChI is InChI=1S/C31H36N2O/c1-24-10-8-9-15-27(24)22-32-20-19-30-28(23-32)16-17-31(34)33(30)21-18-29(25-11-4-2-5-12-25)26-13-6-3-7-14-26/h2-15,28-30H,16-23H2,1H3/t28-,30+/m1/s1. The number of hydrogen-bond donors (Lipinski definition) is 0. The average molecular weight is 453 g/mol. The number of carbonyl (C=O) groups is 1. The maximum absolute atomic E-state index is 13.1. The highest BCUT2D eigenvalue weighted by molar-refractivity contribution is 5.77. The highest BCUT2D eigenvalue weighted by atomic mass is 16.2. The van der Waals surface area contributed by atoms with Gasteiger partial charge in [0, 0.05) is 44.6 Å². The van der Waals surface area contributed by atoms with Gasteiger partial charge in [-0.15, -0.1) is 0 Å². The second kappa shape index (κ2) is 10.6. The van der Waals surface area contributed by atoms with Crippen molar-refractivity contribution in [3.8, 4) is 0 Å². The monoisotopic (exact) mass is 452 g/mol. The molecule has 34 heavy (non-hydrogen) atoms. The first-order chi connectivity index (χ1) is 16.7. The van der Waals surface area contributed by atoms with Crippen LogP contribution in [0.4, 0.5) is 0 Å². The highest BCUT2D eigenvalue weighted by Gasteiger charge is 2.39. The average Bonchev–Trinajstić information content (AvgIpc) is 2.88. The number of nitrogens with zero attached hydrogens (tertiary/aromatic N) is 2. The summed E-state index contributed by atoms with van der Waals surface area (Å²) in [5.41, 5.74) is 5.47. The zero-order valence-corrected chi connectivity index (χ0v) is 20.3. The molecule has 2 aliphatic heterocycles. The summed E-state index contributed by atoms with van der Waals surface area (Å²) in [6.45, 7) is 6.24. The maximum atomic E-state index is 13.1. The molecule has 0 saturated carbocycles. The quantitative estimate of drug-likeness (QED) is 0.437. The van der Waals surface area contributed by atoms with Crippen LogP contribution in [0.1, 0.15) is 53.9 Å². The second-order valence-electron chi connectivity index (χ2n) is 10.1. The normalized spacial score (nSPS) is 21.0. The smallest absolute Gasteiger partial charge is 0.222 e. The first-order valence-electron chi connectivity index (χ1n) is 12.9. The Labute approximate surface area is 204 Å². The molecule has 3 aromatic carbocycles. The third kappa shape index (κ3) is 5.10. The first-order valence-corrected chi connectivity index (χ1v) is 12.9. The van der Waals surface area contributed by atoms with Crippen molar-refractivity contribution >= 4 is 5.91 Å². The Morgan fingerprint density at radius 3 is 2.18 bits per heavy atom. The molecular weight excluding hydrogens is 416 g/mol. The lowest BCUT2D eigenvalue weighted by Crippen LogP contribution is -2.56.